The third-order valence-corrected chi connectivity index (χ3v) is 8.42. The number of aliphatic carboxylic acids is 1. The number of hydrogen-bond donors (Lipinski definition) is 3. The van der Waals surface area contributed by atoms with Gasteiger partial charge in [-0.05, 0) is 73.6 Å². The summed E-state index contributed by atoms with van der Waals surface area (Å²) < 4.78 is 0. The van der Waals surface area contributed by atoms with Gasteiger partial charge in [0.15, 0.2) is 0 Å². The van der Waals surface area contributed by atoms with Crippen molar-refractivity contribution in [2.75, 3.05) is 0 Å². The van der Waals surface area contributed by atoms with Crippen molar-refractivity contribution in [2.24, 2.45) is 5.92 Å². The minimum atomic E-state index is -0.939. The zero-order valence-electron chi connectivity index (χ0n) is 24.3. The van der Waals surface area contributed by atoms with Gasteiger partial charge in [0.1, 0.15) is 0 Å². The first-order chi connectivity index (χ1) is 18.8. The fraction of sp³-hybridized carbons (Fsp3) is 0.727. The lowest BCUT2D eigenvalue weighted by Crippen LogP contribution is -2.18. The van der Waals surface area contributed by atoms with Crippen LogP contribution in [0.4, 0.5) is 0 Å². The highest BCUT2D eigenvalue weighted by Gasteiger charge is 2.26. The smallest absolute Gasteiger partial charge is 0.336 e. The Balaban J connectivity index is 1.65. The van der Waals surface area contributed by atoms with Crippen LogP contribution in [0.1, 0.15) is 166 Å². The standard InChI is InChI=1S/C33H52O6/c1-25-18-17-20-27-28(23-22-25)31(33(38)39)26(24-29(27)32(36)37)19-15-13-11-9-7-5-3-2-4-6-8-10-12-14-16-21-30(34)35/h24-25H,2-23H2,1H3,(H,34,35)(H,36,37)(H,38,39). The van der Waals surface area contributed by atoms with E-state index in [2.05, 4.69) is 6.92 Å². The highest BCUT2D eigenvalue weighted by atomic mass is 16.4. The van der Waals surface area contributed by atoms with E-state index in [1.807, 2.05) is 0 Å². The molecule has 0 saturated heterocycles. The Kier molecular flexibility index (Phi) is 15.9. The monoisotopic (exact) mass is 544 g/mol. The molecule has 6 heteroatoms. The van der Waals surface area contributed by atoms with E-state index in [-0.39, 0.29) is 0 Å². The fourth-order valence-corrected chi connectivity index (χ4v) is 6.11. The molecule has 0 amide bonds. The number of aryl methyl sites for hydroxylation is 1. The number of hydrogen-bond acceptors (Lipinski definition) is 3. The molecular weight excluding hydrogens is 492 g/mol. The van der Waals surface area contributed by atoms with Crippen LogP contribution < -0.4 is 0 Å². The quantitative estimate of drug-likeness (QED) is 0.141. The summed E-state index contributed by atoms with van der Waals surface area (Å²) in [5.74, 6) is -2.01. The van der Waals surface area contributed by atoms with Crippen LogP contribution in [0, 0.1) is 5.92 Å². The summed E-state index contributed by atoms with van der Waals surface area (Å²) in [6, 6.07) is 1.66. The Morgan fingerprint density at radius 2 is 1.18 bits per heavy atom. The van der Waals surface area contributed by atoms with Gasteiger partial charge in [0.05, 0.1) is 11.1 Å². The van der Waals surface area contributed by atoms with Crippen LogP contribution >= 0.6 is 0 Å². The third-order valence-electron chi connectivity index (χ3n) is 8.42. The van der Waals surface area contributed by atoms with Crippen molar-refractivity contribution in [3.63, 3.8) is 0 Å². The van der Waals surface area contributed by atoms with Gasteiger partial charge in [-0.25, -0.2) is 9.59 Å². The molecule has 0 heterocycles. The molecule has 39 heavy (non-hydrogen) atoms. The lowest BCUT2D eigenvalue weighted by atomic mass is 9.81. The Morgan fingerprint density at radius 1 is 0.667 bits per heavy atom. The molecule has 0 saturated carbocycles. The summed E-state index contributed by atoms with van der Waals surface area (Å²) in [7, 11) is 0. The number of carboxylic acid groups (broad SMARTS) is 3. The molecule has 0 fully saturated rings. The SMILES string of the molecule is CC1CCCc2c(C(=O)O)cc(CCCCCCCCCCCCCCCCCC(=O)O)c(C(=O)O)c2CC1. The molecule has 0 aromatic heterocycles. The van der Waals surface area contributed by atoms with Crippen molar-refractivity contribution < 1.29 is 29.7 Å². The van der Waals surface area contributed by atoms with Crippen LogP contribution in [0.2, 0.25) is 0 Å². The van der Waals surface area contributed by atoms with Gasteiger partial charge in [0, 0.05) is 6.42 Å². The molecule has 0 spiro atoms. The van der Waals surface area contributed by atoms with E-state index in [4.69, 9.17) is 5.11 Å². The van der Waals surface area contributed by atoms with Crippen LogP contribution in [-0.4, -0.2) is 33.2 Å². The molecule has 1 aliphatic rings. The molecular formula is C33H52O6. The van der Waals surface area contributed by atoms with Gasteiger partial charge in [-0.3, -0.25) is 4.79 Å². The summed E-state index contributed by atoms with van der Waals surface area (Å²) in [4.78, 5) is 34.8. The second-order valence-corrected chi connectivity index (χ2v) is 11.8. The van der Waals surface area contributed by atoms with Gasteiger partial charge >= 0.3 is 17.9 Å². The summed E-state index contributed by atoms with van der Waals surface area (Å²) >= 11 is 0. The minimum absolute atomic E-state index is 0.299. The molecule has 1 unspecified atom stereocenters. The number of rotatable bonds is 20. The van der Waals surface area contributed by atoms with Crippen LogP contribution in [0.15, 0.2) is 6.07 Å². The van der Waals surface area contributed by atoms with Gasteiger partial charge in [-0.15, -0.1) is 0 Å². The maximum atomic E-state index is 12.3. The van der Waals surface area contributed by atoms with Crippen LogP contribution in [0.3, 0.4) is 0 Å². The fourth-order valence-electron chi connectivity index (χ4n) is 6.11. The van der Waals surface area contributed by atoms with Crippen molar-refractivity contribution in [3.8, 4) is 0 Å². The molecule has 0 bridgehead atoms. The van der Waals surface area contributed by atoms with Crippen molar-refractivity contribution in [2.45, 2.75) is 148 Å². The third kappa shape index (κ3) is 12.6. The van der Waals surface area contributed by atoms with Crippen molar-refractivity contribution >= 4 is 17.9 Å². The first kappa shape index (κ1) is 32.8. The Hall–Kier alpha value is -2.37. The number of benzene rings is 1. The van der Waals surface area contributed by atoms with Gasteiger partial charge in [-0.2, -0.15) is 0 Å². The number of carboxylic acids is 3. The lowest BCUT2D eigenvalue weighted by molar-refractivity contribution is -0.137. The molecule has 6 nitrogen and oxygen atoms in total. The lowest BCUT2D eigenvalue weighted by Gasteiger charge is -2.23. The van der Waals surface area contributed by atoms with Crippen molar-refractivity contribution in [1.29, 1.82) is 0 Å². The Bertz CT molecular complexity index is 906. The number of carbonyl (C=O) groups is 3. The summed E-state index contributed by atoms with van der Waals surface area (Å²) in [5, 5.41) is 28.6. The maximum Gasteiger partial charge on any atom is 0.336 e. The molecule has 0 aliphatic heterocycles. The Labute approximate surface area is 235 Å². The molecule has 1 aromatic carbocycles. The van der Waals surface area contributed by atoms with Gasteiger partial charge in [0.25, 0.3) is 0 Å². The predicted molar refractivity (Wildman–Crippen MR) is 156 cm³/mol. The number of aromatic carboxylic acids is 2. The number of fused-ring (bicyclic) bond motifs is 1. The molecule has 1 atom stereocenters. The van der Waals surface area contributed by atoms with E-state index in [1.54, 1.807) is 6.07 Å². The average Bonchev–Trinajstić information content (AvgIpc) is 2.87. The zero-order valence-corrected chi connectivity index (χ0v) is 24.3. The first-order valence-electron chi connectivity index (χ1n) is 15.7. The molecule has 220 valence electrons. The summed E-state index contributed by atoms with van der Waals surface area (Å²) in [6.45, 7) is 2.20. The van der Waals surface area contributed by atoms with Crippen molar-refractivity contribution in [1.82, 2.24) is 0 Å². The average molecular weight is 545 g/mol. The predicted octanol–water partition coefficient (Wildman–Crippen LogP) is 8.86. The maximum absolute atomic E-state index is 12.3. The largest absolute Gasteiger partial charge is 0.481 e. The van der Waals surface area contributed by atoms with Crippen molar-refractivity contribution in [3.05, 3.63) is 33.9 Å². The molecule has 3 N–H and O–H groups in total. The second kappa shape index (κ2) is 18.8. The van der Waals surface area contributed by atoms with Crippen LogP contribution in [-0.2, 0) is 24.1 Å². The van der Waals surface area contributed by atoms with E-state index < -0.39 is 17.9 Å². The van der Waals surface area contributed by atoms with Crippen LogP contribution in [0.25, 0.3) is 0 Å². The topological polar surface area (TPSA) is 112 Å². The van der Waals surface area contributed by atoms with E-state index >= 15 is 0 Å². The normalized spacial score (nSPS) is 15.4. The molecule has 2 rings (SSSR count). The molecule has 1 aliphatic carbocycles. The summed E-state index contributed by atoms with van der Waals surface area (Å²) in [5.41, 5.74) is 2.92. The van der Waals surface area contributed by atoms with E-state index in [9.17, 15) is 24.6 Å². The van der Waals surface area contributed by atoms with Gasteiger partial charge in [0.2, 0.25) is 0 Å². The second-order valence-electron chi connectivity index (χ2n) is 11.8. The Morgan fingerprint density at radius 3 is 1.67 bits per heavy atom. The number of unbranched alkanes of at least 4 members (excludes halogenated alkanes) is 14. The van der Waals surface area contributed by atoms with E-state index in [0.29, 0.717) is 48.3 Å². The first-order valence-corrected chi connectivity index (χ1v) is 15.7. The molecule has 1 aromatic rings. The zero-order chi connectivity index (χ0) is 28.5. The van der Waals surface area contributed by atoms with Gasteiger partial charge < -0.3 is 15.3 Å². The van der Waals surface area contributed by atoms with Crippen LogP contribution in [0.5, 0.6) is 0 Å². The minimum Gasteiger partial charge on any atom is -0.481 e. The summed E-state index contributed by atoms with van der Waals surface area (Å²) in [6.07, 6.45) is 22.5. The van der Waals surface area contributed by atoms with E-state index in [1.165, 1.54) is 57.8 Å². The highest BCUT2D eigenvalue weighted by Crippen LogP contribution is 2.32. The van der Waals surface area contributed by atoms with E-state index in [0.717, 1.165) is 68.9 Å². The van der Waals surface area contributed by atoms with Gasteiger partial charge in [-0.1, -0.05) is 96.8 Å². The highest BCUT2D eigenvalue weighted by molar-refractivity contribution is 5.96. The molecule has 0 radical (unpaired) electrons.